The lowest BCUT2D eigenvalue weighted by atomic mass is 10.1. The fourth-order valence-electron chi connectivity index (χ4n) is 3.40. The monoisotopic (exact) mass is 344 g/mol. The van der Waals surface area contributed by atoms with Crippen LogP contribution in [0.3, 0.4) is 0 Å². The highest BCUT2D eigenvalue weighted by atomic mass is 16.1. The van der Waals surface area contributed by atoms with Crippen molar-refractivity contribution >= 4 is 27.8 Å². The number of nitrogens with zero attached hydrogens (tertiary/aromatic N) is 2. The molecule has 0 saturated heterocycles. The van der Waals surface area contributed by atoms with Crippen LogP contribution in [0, 0.1) is 0 Å². The second-order valence-corrected chi connectivity index (χ2v) is 6.12. The van der Waals surface area contributed by atoms with Gasteiger partial charge in [0.15, 0.2) is 0 Å². The number of nitrogens with one attached hydrogen (secondary N) is 4. The maximum absolute atomic E-state index is 12.7. The van der Waals surface area contributed by atoms with Crippen molar-refractivity contribution in [2.24, 2.45) is 0 Å². The molecule has 7 nitrogen and oxygen atoms in total. The van der Waals surface area contributed by atoms with E-state index in [1.54, 1.807) is 17.9 Å². The van der Waals surface area contributed by atoms with E-state index in [4.69, 9.17) is 0 Å². The molecule has 5 rings (SSSR count). The van der Waals surface area contributed by atoms with Crippen LogP contribution in [0.25, 0.3) is 38.9 Å². The Morgan fingerprint density at radius 2 is 1.96 bits per heavy atom. The Bertz CT molecular complexity index is 1300. The molecule has 0 radical (unpaired) electrons. The standard InChI is InChI=1S/C19H16N6O/c1-20-18-17(12-2-4-14-11(8-12)6-7-21-14)25(19(26)24-18)13-3-5-15-16(9-13)23-10-22-15/h2-10,20-21H,1H3,(H,22,23)(H,24,26). The highest BCUT2D eigenvalue weighted by Gasteiger charge is 2.17. The van der Waals surface area contributed by atoms with Gasteiger partial charge in [0, 0.05) is 29.7 Å². The van der Waals surface area contributed by atoms with E-state index in [1.165, 1.54) is 0 Å². The topological polar surface area (TPSA) is 94.3 Å². The normalized spacial score (nSPS) is 11.4. The molecule has 0 fully saturated rings. The molecule has 0 aliphatic heterocycles. The Morgan fingerprint density at radius 1 is 1.04 bits per heavy atom. The molecule has 0 spiro atoms. The number of hydrogen-bond acceptors (Lipinski definition) is 3. The van der Waals surface area contributed by atoms with Gasteiger partial charge < -0.3 is 15.3 Å². The summed E-state index contributed by atoms with van der Waals surface area (Å²) < 4.78 is 1.68. The van der Waals surface area contributed by atoms with E-state index in [1.807, 2.05) is 42.6 Å². The van der Waals surface area contributed by atoms with Crippen molar-refractivity contribution in [2.45, 2.75) is 0 Å². The van der Waals surface area contributed by atoms with Crippen LogP contribution < -0.4 is 11.0 Å². The number of fused-ring (bicyclic) bond motifs is 2. The zero-order valence-electron chi connectivity index (χ0n) is 14.0. The summed E-state index contributed by atoms with van der Waals surface area (Å²) in [5.74, 6) is 0.676. The van der Waals surface area contributed by atoms with Gasteiger partial charge in [-0.1, -0.05) is 6.07 Å². The quantitative estimate of drug-likeness (QED) is 0.405. The van der Waals surface area contributed by atoms with Crippen LogP contribution in [0.15, 0.2) is 59.8 Å². The Hall–Kier alpha value is -3.74. The van der Waals surface area contributed by atoms with Gasteiger partial charge in [0.05, 0.1) is 28.7 Å². The van der Waals surface area contributed by atoms with Crippen molar-refractivity contribution in [3.8, 4) is 16.9 Å². The van der Waals surface area contributed by atoms with Gasteiger partial charge in [0.25, 0.3) is 0 Å². The molecule has 3 heterocycles. The zero-order chi connectivity index (χ0) is 17.7. The van der Waals surface area contributed by atoms with Gasteiger partial charge in [-0.05, 0) is 36.4 Å². The third-order valence-corrected chi connectivity index (χ3v) is 4.63. The summed E-state index contributed by atoms with van der Waals surface area (Å²) >= 11 is 0. The fourth-order valence-corrected chi connectivity index (χ4v) is 3.40. The van der Waals surface area contributed by atoms with Crippen LogP contribution >= 0.6 is 0 Å². The van der Waals surface area contributed by atoms with E-state index in [0.29, 0.717) is 5.82 Å². The minimum atomic E-state index is -0.197. The first-order chi connectivity index (χ1) is 12.7. The van der Waals surface area contributed by atoms with Crippen LogP contribution in [0.5, 0.6) is 0 Å². The van der Waals surface area contributed by atoms with Gasteiger partial charge in [-0.2, -0.15) is 0 Å². The van der Waals surface area contributed by atoms with E-state index in [0.717, 1.165) is 38.9 Å². The van der Waals surface area contributed by atoms with E-state index in [2.05, 4.69) is 31.3 Å². The van der Waals surface area contributed by atoms with E-state index in [9.17, 15) is 4.79 Å². The van der Waals surface area contributed by atoms with Crippen LogP contribution in [-0.2, 0) is 0 Å². The molecule has 128 valence electrons. The predicted octanol–water partition coefficient (Wildman–Crippen LogP) is 3.23. The van der Waals surface area contributed by atoms with Crippen molar-refractivity contribution in [2.75, 3.05) is 12.4 Å². The molecular formula is C19H16N6O. The van der Waals surface area contributed by atoms with Crippen molar-refractivity contribution in [3.05, 3.63) is 65.5 Å². The largest absolute Gasteiger partial charge is 0.373 e. The summed E-state index contributed by atoms with van der Waals surface area (Å²) in [6.07, 6.45) is 3.55. The van der Waals surface area contributed by atoms with Crippen LogP contribution in [0.4, 0.5) is 5.82 Å². The van der Waals surface area contributed by atoms with Crippen LogP contribution in [-0.4, -0.2) is 31.6 Å². The van der Waals surface area contributed by atoms with Crippen LogP contribution in [0.2, 0.25) is 0 Å². The zero-order valence-corrected chi connectivity index (χ0v) is 14.0. The van der Waals surface area contributed by atoms with Gasteiger partial charge in [-0.15, -0.1) is 0 Å². The second-order valence-electron chi connectivity index (χ2n) is 6.12. The first kappa shape index (κ1) is 14.6. The lowest BCUT2D eigenvalue weighted by Crippen LogP contribution is -2.15. The van der Waals surface area contributed by atoms with Gasteiger partial charge in [0.1, 0.15) is 5.82 Å². The van der Waals surface area contributed by atoms with Gasteiger partial charge >= 0.3 is 5.69 Å². The lowest BCUT2D eigenvalue weighted by Gasteiger charge is -2.10. The summed E-state index contributed by atoms with van der Waals surface area (Å²) in [5.41, 5.74) is 5.12. The number of imidazole rings is 2. The SMILES string of the molecule is CNc1[nH]c(=O)n(-c2ccc3nc[nH]c3c2)c1-c1ccc2[nH]ccc2c1. The third kappa shape index (κ3) is 2.07. The Kier molecular flexibility index (Phi) is 3.02. The molecule has 0 saturated carbocycles. The average Bonchev–Trinajstić information content (AvgIpc) is 3.37. The molecule has 0 bridgehead atoms. The third-order valence-electron chi connectivity index (χ3n) is 4.63. The van der Waals surface area contributed by atoms with E-state index < -0.39 is 0 Å². The predicted molar refractivity (Wildman–Crippen MR) is 103 cm³/mol. The molecule has 0 unspecified atom stereocenters. The Balaban J connectivity index is 1.79. The van der Waals surface area contributed by atoms with Crippen molar-refractivity contribution in [1.29, 1.82) is 0 Å². The average molecular weight is 344 g/mol. The van der Waals surface area contributed by atoms with Crippen LogP contribution in [0.1, 0.15) is 0 Å². The first-order valence-electron chi connectivity index (χ1n) is 8.28. The number of anilines is 1. The Morgan fingerprint density at radius 3 is 2.85 bits per heavy atom. The molecule has 26 heavy (non-hydrogen) atoms. The van der Waals surface area contributed by atoms with Crippen molar-refractivity contribution in [1.82, 2.24) is 24.5 Å². The number of aromatic nitrogens is 5. The molecule has 4 N–H and O–H groups in total. The maximum atomic E-state index is 12.7. The highest BCUT2D eigenvalue weighted by molar-refractivity contribution is 5.87. The molecule has 2 aromatic carbocycles. The van der Waals surface area contributed by atoms with Crippen molar-refractivity contribution < 1.29 is 0 Å². The Labute approximate surface area is 147 Å². The molecule has 3 aromatic heterocycles. The maximum Gasteiger partial charge on any atom is 0.332 e. The second kappa shape index (κ2) is 5.38. The summed E-state index contributed by atoms with van der Waals surface area (Å²) in [6.45, 7) is 0. The number of rotatable bonds is 3. The number of H-pyrrole nitrogens is 3. The first-order valence-corrected chi connectivity index (χ1v) is 8.28. The molecule has 7 heteroatoms. The highest BCUT2D eigenvalue weighted by Crippen LogP contribution is 2.30. The lowest BCUT2D eigenvalue weighted by molar-refractivity contribution is 0.995. The number of aromatic amines is 3. The van der Waals surface area contributed by atoms with E-state index in [-0.39, 0.29) is 5.69 Å². The summed E-state index contributed by atoms with van der Waals surface area (Å²) in [4.78, 5) is 26.1. The molecule has 0 atom stereocenters. The van der Waals surface area contributed by atoms with Crippen molar-refractivity contribution in [3.63, 3.8) is 0 Å². The molecular weight excluding hydrogens is 328 g/mol. The van der Waals surface area contributed by atoms with Gasteiger partial charge in [-0.3, -0.25) is 9.55 Å². The molecule has 0 amide bonds. The summed E-state index contributed by atoms with van der Waals surface area (Å²) in [7, 11) is 1.80. The molecule has 0 aliphatic rings. The van der Waals surface area contributed by atoms with Gasteiger partial charge in [0.2, 0.25) is 0 Å². The minimum Gasteiger partial charge on any atom is -0.373 e. The number of benzene rings is 2. The van der Waals surface area contributed by atoms with Gasteiger partial charge in [-0.25, -0.2) is 9.78 Å². The molecule has 5 aromatic rings. The fraction of sp³-hybridized carbons (Fsp3) is 0.0526. The number of hydrogen-bond donors (Lipinski definition) is 4. The summed E-state index contributed by atoms with van der Waals surface area (Å²) in [6, 6.07) is 13.8. The molecule has 0 aliphatic carbocycles. The van der Waals surface area contributed by atoms with E-state index >= 15 is 0 Å². The smallest absolute Gasteiger partial charge is 0.332 e. The minimum absolute atomic E-state index is 0.197. The summed E-state index contributed by atoms with van der Waals surface area (Å²) in [5, 5.41) is 4.19.